The Kier molecular flexibility index (Phi) is 5.48. The summed E-state index contributed by atoms with van der Waals surface area (Å²) in [5.41, 5.74) is 2.39. The molecule has 0 aliphatic carbocycles. The van der Waals surface area contributed by atoms with Crippen LogP contribution in [0.25, 0.3) is 0 Å². The monoisotopic (exact) mass is 363 g/mol. The molecule has 0 amide bonds. The summed E-state index contributed by atoms with van der Waals surface area (Å²) in [5.74, 6) is -1.61. The van der Waals surface area contributed by atoms with Crippen LogP contribution in [-0.4, -0.2) is 23.2 Å². The topological polar surface area (TPSA) is 56.3 Å². The molecule has 2 aromatic rings. The fourth-order valence-corrected chi connectivity index (χ4v) is 2.96. The Labute approximate surface area is 151 Å². The predicted molar refractivity (Wildman–Crippen MR) is 94.1 cm³/mol. The number of nitrogens with zero attached hydrogens (tertiary/aromatic N) is 2. The van der Waals surface area contributed by atoms with Gasteiger partial charge in [0.2, 0.25) is 0 Å². The van der Waals surface area contributed by atoms with E-state index in [1.54, 1.807) is 12.1 Å². The molecule has 0 atom stereocenters. The van der Waals surface area contributed by atoms with Gasteiger partial charge < -0.3 is 14.8 Å². The lowest BCUT2D eigenvalue weighted by Gasteiger charge is -2.19. The minimum absolute atomic E-state index is 0.00685. The molecule has 1 fully saturated rings. The number of hydrogen-bond acceptors (Lipinski definition) is 5. The Bertz CT molecular complexity index is 772. The summed E-state index contributed by atoms with van der Waals surface area (Å²) < 4.78 is 38.4. The lowest BCUT2D eigenvalue weighted by atomic mass is 10.1. The van der Waals surface area contributed by atoms with Gasteiger partial charge >= 0.3 is 0 Å². The quantitative estimate of drug-likeness (QED) is 0.837. The maximum absolute atomic E-state index is 13.5. The molecule has 1 N–H and O–H groups in total. The number of hydrogen-bond donors (Lipinski definition) is 1. The SMILES string of the molecule is CCc1nc(C)nc(NCc2cccc(C(C)(F)F)c2)c1C1OCCO1. The van der Waals surface area contributed by atoms with E-state index in [4.69, 9.17) is 9.47 Å². The van der Waals surface area contributed by atoms with Crippen molar-refractivity contribution in [3.63, 3.8) is 0 Å². The maximum Gasteiger partial charge on any atom is 0.270 e. The number of nitrogens with one attached hydrogen (secondary N) is 1. The van der Waals surface area contributed by atoms with E-state index in [0.29, 0.717) is 37.8 Å². The van der Waals surface area contributed by atoms with Crippen LogP contribution in [0.4, 0.5) is 14.6 Å². The number of aromatic nitrogens is 2. The maximum atomic E-state index is 13.5. The van der Waals surface area contributed by atoms with Crippen LogP contribution in [0.5, 0.6) is 0 Å². The standard InChI is InChI=1S/C19H23F2N3O2/c1-4-15-16(18-25-8-9-26-18)17(24-12(2)23-15)22-11-13-6-5-7-14(10-13)19(3,20)21/h5-7,10,18H,4,8-9,11H2,1-3H3,(H,22,23,24). The van der Waals surface area contributed by atoms with Crippen LogP contribution in [0.15, 0.2) is 24.3 Å². The van der Waals surface area contributed by atoms with E-state index in [1.165, 1.54) is 12.1 Å². The zero-order valence-electron chi connectivity index (χ0n) is 15.2. The van der Waals surface area contributed by atoms with E-state index >= 15 is 0 Å². The summed E-state index contributed by atoms with van der Waals surface area (Å²) in [6.07, 6.45) is 0.216. The van der Waals surface area contributed by atoms with Crippen molar-refractivity contribution in [2.75, 3.05) is 18.5 Å². The molecule has 7 heteroatoms. The van der Waals surface area contributed by atoms with E-state index in [9.17, 15) is 8.78 Å². The Morgan fingerprint density at radius 2 is 1.96 bits per heavy atom. The third-order valence-electron chi connectivity index (χ3n) is 4.22. The van der Waals surface area contributed by atoms with E-state index in [-0.39, 0.29) is 5.56 Å². The molecule has 2 heterocycles. The van der Waals surface area contributed by atoms with Gasteiger partial charge in [-0.25, -0.2) is 18.7 Å². The molecule has 1 saturated heterocycles. The predicted octanol–water partition coefficient (Wildman–Crippen LogP) is 4.12. The van der Waals surface area contributed by atoms with Gasteiger partial charge in [0.15, 0.2) is 6.29 Å². The van der Waals surface area contributed by atoms with Crippen molar-refractivity contribution >= 4 is 5.82 Å². The molecule has 0 spiro atoms. The lowest BCUT2D eigenvalue weighted by Crippen LogP contribution is -2.14. The van der Waals surface area contributed by atoms with Crippen LogP contribution in [0, 0.1) is 6.92 Å². The number of aryl methyl sites for hydroxylation is 2. The van der Waals surface area contributed by atoms with E-state index < -0.39 is 12.2 Å². The summed E-state index contributed by atoms with van der Waals surface area (Å²) in [5, 5.41) is 3.24. The minimum Gasteiger partial charge on any atom is -0.365 e. The largest absolute Gasteiger partial charge is 0.365 e. The van der Waals surface area contributed by atoms with Gasteiger partial charge in [-0.1, -0.05) is 25.1 Å². The molecule has 0 bridgehead atoms. The molecule has 0 saturated carbocycles. The van der Waals surface area contributed by atoms with Crippen LogP contribution in [0.3, 0.4) is 0 Å². The van der Waals surface area contributed by atoms with Gasteiger partial charge in [-0.05, 0) is 25.0 Å². The summed E-state index contributed by atoms with van der Waals surface area (Å²) in [6.45, 7) is 6.14. The van der Waals surface area contributed by atoms with Crippen molar-refractivity contribution in [2.24, 2.45) is 0 Å². The Morgan fingerprint density at radius 3 is 2.62 bits per heavy atom. The highest BCUT2D eigenvalue weighted by atomic mass is 19.3. The van der Waals surface area contributed by atoms with Gasteiger partial charge in [-0.3, -0.25) is 0 Å². The molecule has 0 radical (unpaired) electrons. The Balaban J connectivity index is 1.87. The lowest BCUT2D eigenvalue weighted by molar-refractivity contribution is -0.0446. The van der Waals surface area contributed by atoms with Crippen molar-refractivity contribution in [3.8, 4) is 0 Å². The summed E-state index contributed by atoms with van der Waals surface area (Å²) in [6, 6.07) is 6.37. The van der Waals surface area contributed by atoms with Gasteiger partial charge in [0.05, 0.1) is 24.5 Å². The van der Waals surface area contributed by atoms with Crippen molar-refractivity contribution in [1.82, 2.24) is 9.97 Å². The molecule has 140 valence electrons. The van der Waals surface area contributed by atoms with Gasteiger partial charge in [-0.15, -0.1) is 0 Å². The third-order valence-corrected chi connectivity index (χ3v) is 4.22. The molecule has 0 unspecified atom stereocenters. The van der Waals surface area contributed by atoms with Crippen molar-refractivity contribution < 1.29 is 18.3 Å². The van der Waals surface area contributed by atoms with Crippen molar-refractivity contribution in [1.29, 1.82) is 0 Å². The molecule has 3 rings (SSSR count). The highest BCUT2D eigenvalue weighted by Gasteiger charge is 2.27. The van der Waals surface area contributed by atoms with Gasteiger partial charge in [0, 0.05) is 19.0 Å². The number of halogens is 2. The van der Waals surface area contributed by atoms with Crippen LogP contribution in [-0.2, 0) is 28.4 Å². The van der Waals surface area contributed by atoms with Gasteiger partial charge in [0.25, 0.3) is 5.92 Å². The minimum atomic E-state index is -2.87. The van der Waals surface area contributed by atoms with Gasteiger partial charge in [-0.2, -0.15) is 0 Å². The molecular formula is C19H23F2N3O2. The second kappa shape index (κ2) is 7.63. The number of anilines is 1. The average Bonchev–Trinajstić information content (AvgIpc) is 3.13. The first-order valence-corrected chi connectivity index (χ1v) is 8.70. The number of rotatable bonds is 6. The number of alkyl halides is 2. The first-order valence-electron chi connectivity index (χ1n) is 8.70. The van der Waals surface area contributed by atoms with Crippen LogP contribution in [0.2, 0.25) is 0 Å². The second-order valence-corrected chi connectivity index (χ2v) is 6.35. The zero-order chi connectivity index (χ0) is 18.7. The molecule has 1 aromatic heterocycles. The van der Waals surface area contributed by atoms with Crippen LogP contribution >= 0.6 is 0 Å². The summed E-state index contributed by atoms with van der Waals surface area (Å²) in [4.78, 5) is 8.97. The highest BCUT2D eigenvalue weighted by Crippen LogP contribution is 2.32. The normalized spacial score (nSPS) is 15.4. The van der Waals surface area contributed by atoms with Crippen LogP contribution < -0.4 is 5.32 Å². The molecule has 1 aliphatic heterocycles. The number of benzene rings is 1. The van der Waals surface area contributed by atoms with E-state index in [2.05, 4.69) is 15.3 Å². The van der Waals surface area contributed by atoms with Crippen molar-refractivity contribution in [2.45, 2.75) is 45.9 Å². The average molecular weight is 363 g/mol. The molecule has 26 heavy (non-hydrogen) atoms. The Morgan fingerprint density at radius 1 is 1.23 bits per heavy atom. The van der Waals surface area contributed by atoms with Crippen molar-refractivity contribution in [3.05, 3.63) is 52.5 Å². The number of ether oxygens (including phenoxy) is 2. The molecule has 5 nitrogen and oxygen atoms in total. The zero-order valence-corrected chi connectivity index (χ0v) is 15.2. The van der Waals surface area contributed by atoms with Gasteiger partial charge in [0.1, 0.15) is 11.6 Å². The van der Waals surface area contributed by atoms with Crippen LogP contribution in [0.1, 0.15) is 48.3 Å². The first-order chi connectivity index (χ1) is 12.4. The third kappa shape index (κ3) is 4.16. The Hall–Kier alpha value is -2.12. The first kappa shape index (κ1) is 18.7. The summed E-state index contributed by atoms with van der Waals surface area (Å²) >= 11 is 0. The fraction of sp³-hybridized carbons (Fsp3) is 0.474. The molecule has 1 aliphatic rings. The molecule has 1 aromatic carbocycles. The molecular weight excluding hydrogens is 340 g/mol. The smallest absolute Gasteiger partial charge is 0.270 e. The second-order valence-electron chi connectivity index (χ2n) is 6.35. The van der Waals surface area contributed by atoms with E-state index in [1.807, 2.05) is 13.8 Å². The summed E-state index contributed by atoms with van der Waals surface area (Å²) in [7, 11) is 0. The highest BCUT2D eigenvalue weighted by molar-refractivity contribution is 5.48. The van der Waals surface area contributed by atoms with E-state index in [0.717, 1.165) is 23.7 Å². The fourth-order valence-electron chi connectivity index (χ4n) is 2.96.